The smallest absolute Gasteiger partial charge is 0.303 e. The van der Waals surface area contributed by atoms with Gasteiger partial charge in [-0.15, -0.1) is 0 Å². The van der Waals surface area contributed by atoms with Gasteiger partial charge in [-0.3, -0.25) is 4.79 Å². The number of hydrogen-bond donors (Lipinski definition) is 2. The highest BCUT2D eigenvalue weighted by Gasteiger charge is 2.17. The number of carbonyl (C=O) groups is 1. The molecule has 0 spiro atoms. The summed E-state index contributed by atoms with van der Waals surface area (Å²) in [6, 6.07) is 3.96. The Labute approximate surface area is 121 Å². The summed E-state index contributed by atoms with van der Waals surface area (Å²) in [4.78, 5) is 10.5. The van der Waals surface area contributed by atoms with Gasteiger partial charge in [0.25, 0.3) is 0 Å². The van der Waals surface area contributed by atoms with Crippen molar-refractivity contribution < 1.29 is 18.3 Å². The van der Waals surface area contributed by atoms with E-state index in [2.05, 4.69) is 4.72 Å². The molecule has 0 aliphatic heterocycles. The second-order valence-corrected chi connectivity index (χ2v) is 6.71. The summed E-state index contributed by atoms with van der Waals surface area (Å²) >= 11 is 11.5. The van der Waals surface area contributed by atoms with E-state index < -0.39 is 16.0 Å². The zero-order valence-corrected chi connectivity index (χ0v) is 12.4. The molecule has 0 radical (unpaired) electrons. The van der Waals surface area contributed by atoms with E-state index >= 15 is 0 Å². The van der Waals surface area contributed by atoms with E-state index in [4.69, 9.17) is 28.3 Å². The molecule has 8 heteroatoms. The van der Waals surface area contributed by atoms with Gasteiger partial charge in [0, 0.05) is 13.0 Å². The first-order chi connectivity index (χ1) is 8.72. The van der Waals surface area contributed by atoms with Crippen LogP contribution in [0.1, 0.15) is 13.3 Å². The standard InChI is InChI=1S/C11H13Cl2NO4S/c1-7(4-11(15)16)6-14-19(17,18)8-2-3-9(12)10(13)5-8/h2-3,5,7,14H,4,6H2,1H3,(H,15,16). The molecule has 0 heterocycles. The third-order valence-electron chi connectivity index (χ3n) is 2.35. The maximum atomic E-state index is 11.9. The highest BCUT2D eigenvalue weighted by Crippen LogP contribution is 2.24. The maximum absolute atomic E-state index is 11.9. The van der Waals surface area contributed by atoms with Crippen LogP contribution in [0.25, 0.3) is 0 Å². The van der Waals surface area contributed by atoms with E-state index in [1.54, 1.807) is 6.92 Å². The van der Waals surface area contributed by atoms with Crippen molar-refractivity contribution in [1.29, 1.82) is 0 Å². The van der Waals surface area contributed by atoms with E-state index in [-0.39, 0.29) is 33.8 Å². The summed E-state index contributed by atoms with van der Waals surface area (Å²) < 4.78 is 26.2. The molecule has 0 amide bonds. The molecule has 0 aromatic heterocycles. The topological polar surface area (TPSA) is 83.5 Å². The van der Waals surface area contributed by atoms with Gasteiger partial charge in [-0.2, -0.15) is 0 Å². The third-order valence-corrected chi connectivity index (χ3v) is 4.51. The van der Waals surface area contributed by atoms with Gasteiger partial charge in [0.05, 0.1) is 14.9 Å². The zero-order chi connectivity index (χ0) is 14.6. The van der Waals surface area contributed by atoms with Gasteiger partial charge in [0.15, 0.2) is 0 Å². The second-order valence-electron chi connectivity index (χ2n) is 4.13. The molecular weight excluding hydrogens is 313 g/mol. The van der Waals surface area contributed by atoms with Crippen LogP contribution >= 0.6 is 23.2 Å². The lowest BCUT2D eigenvalue weighted by Crippen LogP contribution is -2.29. The van der Waals surface area contributed by atoms with Crippen molar-refractivity contribution in [2.75, 3.05) is 6.54 Å². The minimum absolute atomic E-state index is 0.00979. The van der Waals surface area contributed by atoms with E-state index in [9.17, 15) is 13.2 Å². The van der Waals surface area contributed by atoms with Crippen LogP contribution in [0.4, 0.5) is 0 Å². The summed E-state index contributed by atoms with van der Waals surface area (Å²) in [5.74, 6) is -1.28. The van der Waals surface area contributed by atoms with Gasteiger partial charge in [-0.05, 0) is 24.1 Å². The van der Waals surface area contributed by atoms with Crippen LogP contribution in [0.5, 0.6) is 0 Å². The molecule has 106 valence electrons. The molecule has 1 rings (SSSR count). The van der Waals surface area contributed by atoms with Gasteiger partial charge in [0.2, 0.25) is 10.0 Å². The maximum Gasteiger partial charge on any atom is 0.303 e. The Hall–Kier alpha value is -0.820. The number of carboxylic acid groups (broad SMARTS) is 1. The van der Waals surface area contributed by atoms with Crippen molar-refractivity contribution in [3.05, 3.63) is 28.2 Å². The first-order valence-electron chi connectivity index (χ1n) is 5.39. The van der Waals surface area contributed by atoms with Crippen molar-refractivity contribution in [2.45, 2.75) is 18.2 Å². The van der Waals surface area contributed by atoms with Crippen LogP contribution in [0.15, 0.2) is 23.1 Å². The summed E-state index contributed by atoms with van der Waals surface area (Å²) in [5.41, 5.74) is 0. The monoisotopic (exact) mass is 325 g/mol. The van der Waals surface area contributed by atoms with Crippen LogP contribution < -0.4 is 4.72 Å². The highest BCUT2D eigenvalue weighted by molar-refractivity contribution is 7.89. The van der Waals surface area contributed by atoms with Crippen LogP contribution in [0, 0.1) is 5.92 Å². The van der Waals surface area contributed by atoms with Crippen molar-refractivity contribution >= 4 is 39.2 Å². The molecule has 1 aromatic rings. The number of hydrogen-bond acceptors (Lipinski definition) is 3. The summed E-state index contributed by atoms with van der Waals surface area (Å²) in [5, 5.41) is 8.99. The van der Waals surface area contributed by atoms with E-state index in [1.165, 1.54) is 18.2 Å². The number of carboxylic acids is 1. The summed E-state index contributed by atoms with van der Waals surface area (Å²) in [7, 11) is -3.72. The van der Waals surface area contributed by atoms with Gasteiger partial charge in [-0.25, -0.2) is 13.1 Å². The number of benzene rings is 1. The lowest BCUT2D eigenvalue weighted by atomic mass is 10.1. The fraction of sp³-hybridized carbons (Fsp3) is 0.364. The van der Waals surface area contributed by atoms with Gasteiger partial charge in [-0.1, -0.05) is 30.1 Å². The lowest BCUT2D eigenvalue weighted by molar-refractivity contribution is -0.137. The van der Waals surface area contributed by atoms with Crippen molar-refractivity contribution in [1.82, 2.24) is 4.72 Å². The van der Waals surface area contributed by atoms with Crippen molar-refractivity contribution in [3.63, 3.8) is 0 Å². The minimum Gasteiger partial charge on any atom is -0.481 e. The first-order valence-corrected chi connectivity index (χ1v) is 7.63. The molecule has 0 saturated heterocycles. The number of sulfonamides is 1. The Balaban J connectivity index is 2.76. The molecule has 1 atom stereocenters. The fourth-order valence-electron chi connectivity index (χ4n) is 1.35. The number of halogens is 2. The molecule has 5 nitrogen and oxygen atoms in total. The SMILES string of the molecule is CC(CNS(=O)(=O)c1ccc(Cl)c(Cl)c1)CC(=O)O. The average Bonchev–Trinajstić information content (AvgIpc) is 2.29. The normalized spacial score (nSPS) is 13.2. The number of aliphatic carboxylic acids is 1. The van der Waals surface area contributed by atoms with E-state index in [0.29, 0.717) is 0 Å². The van der Waals surface area contributed by atoms with Crippen molar-refractivity contribution in [2.24, 2.45) is 5.92 Å². The Morgan fingerprint density at radius 3 is 2.53 bits per heavy atom. The Morgan fingerprint density at radius 2 is 2.00 bits per heavy atom. The average molecular weight is 326 g/mol. The van der Waals surface area contributed by atoms with Crippen LogP contribution in [0.2, 0.25) is 10.0 Å². The van der Waals surface area contributed by atoms with Gasteiger partial charge >= 0.3 is 5.97 Å². The fourth-order valence-corrected chi connectivity index (χ4v) is 2.90. The zero-order valence-electron chi connectivity index (χ0n) is 10.1. The summed E-state index contributed by atoms with van der Waals surface area (Å²) in [6.07, 6.45) is -0.107. The minimum atomic E-state index is -3.72. The van der Waals surface area contributed by atoms with Crippen molar-refractivity contribution in [3.8, 4) is 0 Å². The van der Waals surface area contributed by atoms with Gasteiger partial charge < -0.3 is 5.11 Å². The van der Waals surface area contributed by atoms with Crippen LogP contribution in [-0.4, -0.2) is 26.0 Å². The third kappa shape index (κ3) is 4.99. The molecule has 0 fully saturated rings. The van der Waals surface area contributed by atoms with Crippen LogP contribution in [0.3, 0.4) is 0 Å². The van der Waals surface area contributed by atoms with E-state index in [0.717, 1.165) is 0 Å². The molecule has 0 saturated carbocycles. The second kappa shape index (κ2) is 6.56. The largest absolute Gasteiger partial charge is 0.481 e. The predicted molar refractivity (Wildman–Crippen MR) is 73.1 cm³/mol. The first kappa shape index (κ1) is 16.2. The van der Waals surface area contributed by atoms with Gasteiger partial charge in [0.1, 0.15) is 0 Å². The number of nitrogens with one attached hydrogen (secondary N) is 1. The summed E-state index contributed by atoms with van der Waals surface area (Å²) in [6.45, 7) is 1.68. The Morgan fingerprint density at radius 1 is 1.37 bits per heavy atom. The molecular formula is C11H13Cl2NO4S. The van der Waals surface area contributed by atoms with Crippen LogP contribution in [-0.2, 0) is 14.8 Å². The molecule has 2 N–H and O–H groups in total. The quantitative estimate of drug-likeness (QED) is 0.841. The Kier molecular flexibility index (Phi) is 5.61. The molecule has 1 aromatic carbocycles. The predicted octanol–water partition coefficient (Wildman–Crippen LogP) is 2.38. The van der Waals surface area contributed by atoms with E-state index in [1.807, 2.05) is 0 Å². The highest BCUT2D eigenvalue weighted by atomic mass is 35.5. The molecule has 0 bridgehead atoms. The lowest BCUT2D eigenvalue weighted by Gasteiger charge is -2.11. The molecule has 0 aliphatic carbocycles. The Bertz CT molecular complexity index is 574. The molecule has 19 heavy (non-hydrogen) atoms. The number of rotatable bonds is 6. The molecule has 1 unspecified atom stereocenters. The molecule has 0 aliphatic rings.